The molecule has 1 fully saturated rings. The maximum Gasteiger partial charge on any atom is 0.274 e. The normalized spacial score (nSPS) is 20.2. The molecule has 0 radical (unpaired) electrons. The molecule has 0 bridgehead atoms. The molecule has 184 valence electrons. The van der Waals surface area contributed by atoms with E-state index in [1.807, 2.05) is 24.3 Å². The van der Waals surface area contributed by atoms with Gasteiger partial charge in [0.1, 0.15) is 5.76 Å². The number of hydrogen-bond donors (Lipinski definition) is 3. The van der Waals surface area contributed by atoms with Gasteiger partial charge in [0.15, 0.2) is 5.69 Å². The number of anilines is 1. The fourth-order valence-corrected chi connectivity index (χ4v) is 5.11. The van der Waals surface area contributed by atoms with Gasteiger partial charge in [-0.2, -0.15) is 0 Å². The quantitative estimate of drug-likeness (QED) is 0.549. The molecule has 9 nitrogen and oxygen atoms in total. The van der Waals surface area contributed by atoms with Crippen LogP contribution in [0.3, 0.4) is 0 Å². The molecule has 1 aliphatic heterocycles. The van der Waals surface area contributed by atoms with Gasteiger partial charge in [0, 0.05) is 53.8 Å². The van der Waals surface area contributed by atoms with Gasteiger partial charge in [-0.3, -0.25) is 9.59 Å². The Kier molecular flexibility index (Phi) is 6.94. The highest BCUT2D eigenvalue weighted by Crippen LogP contribution is 2.28. The third-order valence-electron chi connectivity index (χ3n) is 6.97. The Labute approximate surface area is 204 Å². The maximum atomic E-state index is 13.0. The molecular formula is C26H31N5O4. The molecule has 1 atom stereocenters. The van der Waals surface area contributed by atoms with E-state index >= 15 is 0 Å². The molecule has 5 rings (SSSR count). The van der Waals surface area contributed by atoms with Gasteiger partial charge in [-0.25, -0.2) is 0 Å². The third kappa shape index (κ3) is 5.00. The SMILES string of the molecule is N=CC1=C(Nc2cccc(C(=O)N3CCOCC3)c2)CCCC1NC(=O)c1noc2c1CCCC2. The van der Waals surface area contributed by atoms with Crippen LogP contribution >= 0.6 is 0 Å². The number of morpholine rings is 1. The average Bonchev–Trinajstić information content (AvgIpc) is 3.34. The number of aromatic nitrogens is 1. The third-order valence-corrected chi connectivity index (χ3v) is 6.97. The first-order valence-corrected chi connectivity index (χ1v) is 12.4. The Hall–Kier alpha value is -3.46. The molecule has 1 saturated heterocycles. The molecular weight excluding hydrogens is 446 g/mol. The van der Waals surface area contributed by atoms with Crippen LogP contribution < -0.4 is 10.6 Å². The van der Waals surface area contributed by atoms with Crippen molar-refractivity contribution in [2.75, 3.05) is 31.6 Å². The van der Waals surface area contributed by atoms with Gasteiger partial charge in [-0.15, -0.1) is 0 Å². The summed E-state index contributed by atoms with van der Waals surface area (Å²) >= 11 is 0. The topological polar surface area (TPSA) is 121 Å². The van der Waals surface area contributed by atoms with Crippen LogP contribution in [0.15, 0.2) is 40.1 Å². The van der Waals surface area contributed by atoms with E-state index in [4.69, 9.17) is 14.7 Å². The summed E-state index contributed by atoms with van der Waals surface area (Å²) in [7, 11) is 0. The number of fused-ring (bicyclic) bond motifs is 1. The fraction of sp³-hybridized carbons (Fsp3) is 0.462. The molecule has 1 unspecified atom stereocenters. The highest BCUT2D eigenvalue weighted by atomic mass is 16.5. The molecule has 35 heavy (non-hydrogen) atoms. The Morgan fingerprint density at radius 3 is 2.77 bits per heavy atom. The number of carbonyl (C=O) groups excluding carboxylic acids is 2. The number of hydrogen-bond acceptors (Lipinski definition) is 7. The highest BCUT2D eigenvalue weighted by molar-refractivity contribution is 5.96. The van der Waals surface area contributed by atoms with E-state index < -0.39 is 0 Å². The number of nitrogens with zero attached hydrogens (tertiary/aromatic N) is 2. The van der Waals surface area contributed by atoms with Crippen LogP contribution in [-0.4, -0.2) is 60.4 Å². The Balaban J connectivity index is 1.31. The van der Waals surface area contributed by atoms with E-state index in [0.29, 0.717) is 37.6 Å². The van der Waals surface area contributed by atoms with E-state index in [9.17, 15) is 9.59 Å². The van der Waals surface area contributed by atoms with Crippen molar-refractivity contribution in [1.29, 1.82) is 5.41 Å². The molecule has 1 aromatic carbocycles. The Morgan fingerprint density at radius 2 is 1.94 bits per heavy atom. The van der Waals surface area contributed by atoms with Crippen molar-refractivity contribution < 1.29 is 18.8 Å². The number of aryl methyl sites for hydroxylation is 1. The van der Waals surface area contributed by atoms with Gasteiger partial charge in [-0.05, 0) is 56.7 Å². The van der Waals surface area contributed by atoms with Crippen LogP contribution in [-0.2, 0) is 17.6 Å². The summed E-state index contributed by atoms with van der Waals surface area (Å²) in [5, 5.41) is 18.6. The standard InChI is InChI=1S/C26H31N5O4/c27-16-20-21(28-18-6-3-5-17(15-18)26(33)31-11-13-34-14-12-31)8-4-9-22(20)29-25(32)24-19-7-1-2-10-23(19)35-30-24/h3,5-6,15-16,22,27-28H,1-2,4,7-14H2,(H,29,32). The van der Waals surface area contributed by atoms with Gasteiger partial charge in [0.2, 0.25) is 0 Å². The van der Waals surface area contributed by atoms with Crippen molar-refractivity contribution in [3.05, 3.63) is 58.1 Å². The van der Waals surface area contributed by atoms with Crippen LogP contribution in [0.25, 0.3) is 0 Å². The number of benzene rings is 1. The maximum absolute atomic E-state index is 13.0. The minimum absolute atomic E-state index is 0.0112. The van der Waals surface area contributed by atoms with E-state index in [0.717, 1.165) is 73.2 Å². The smallest absolute Gasteiger partial charge is 0.274 e. The van der Waals surface area contributed by atoms with Gasteiger partial charge in [0.05, 0.1) is 19.3 Å². The number of nitrogens with one attached hydrogen (secondary N) is 3. The van der Waals surface area contributed by atoms with Crippen LogP contribution in [0.4, 0.5) is 5.69 Å². The highest BCUT2D eigenvalue weighted by Gasteiger charge is 2.29. The van der Waals surface area contributed by atoms with E-state index in [2.05, 4.69) is 15.8 Å². The number of carbonyl (C=O) groups is 2. The van der Waals surface area contributed by atoms with E-state index in [-0.39, 0.29) is 17.9 Å². The van der Waals surface area contributed by atoms with Crippen molar-refractivity contribution in [2.45, 2.75) is 51.0 Å². The summed E-state index contributed by atoms with van der Waals surface area (Å²) in [5.41, 5.74) is 4.33. The zero-order chi connectivity index (χ0) is 24.2. The molecule has 3 N–H and O–H groups in total. The minimum atomic E-state index is -0.287. The minimum Gasteiger partial charge on any atom is -0.378 e. The van der Waals surface area contributed by atoms with Crippen molar-refractivity contribution in [2.24, 2.45) is 0 Å². The van der Waals surface area contributed by atoms with Gasteiger partial charge < -0.3 is 30.2 Å². The largest absolute Gasteiger partial charge is 0.378 e. The lowest BCUT2D eigenvalue weighted by Gasteiger charge is -2.28. The lowest BCUT2D eigenvalue weighted by Crippen LogP contribution is -2.40. The van der Waals surface area contributed by atoms with Crippen molar-refractivity contribution >= 4 is 23.7 Å². The van der Waals surface area contributed by atoms with Crippen LogP contribution in [0.2, 0.25) is 0 Å². The second-order valence-electron chi connectivity index (χ2n) is 9.25. The number of amides is 2. The molecule has 0 saturated carbocycles. The van der Waals surface area contributed by atoms with Gasteiger partial charge >= 0.3 is 0 Å². The second-order valence-corrected chi connectivity index (χ2v) is 9.25. The molecule has 2 heterocycles. The first-order valence-electron chi connectivity index (χ1n) is 12.4. The zero-order valence-electron chi connectivity index (χ0n) is 19.8. The number of allylic oxidation sites excluding steroid dienone is 1. The van der Waals surface area contributed by atoms with E-state index in [1.54, 1.807) is 4.90 Å². The average molecular weight is 478 g/mol. The zero-order valence-corrected chi connectivity index (χ0v) is 19.8. The molecule has 2 aliphatic carbocycles. The first kappa shape index (κ1) is 23.3. The molecule has 0 spiro atoms. The Morgan fingerprint density at radius 1 is 1.11 bits per heavy atom. The monoisotopic (exact) mass is 477 g/mol. The first-order chi connectivity index (χ1) is 17.1. The molecule has 9 heteroatoms. The summed E-state index contributed by atoms with van der Waals surface area (Å²) in [5.74, 6) is 0.560. The van der Waals surface area contributed by atoms with Crippen LogP contribution in [0.5, 0.6) is 0 Å². The summed E-state index contributed by atoms with van der Waals surface area (Å²) in [6.45, 7) is 2.30. The molecule has 2 amide bonds. The van der Waals surface area contributed by atoms with Crippen LogP contribution in [0.1, 0.15) is 64.3 Å². The predicted molar refractivity (Wildman–Crippen MR) is 131 cm³/mol. The summed E-state index contributed by atoms with van der Waals surface area (Å²) in [6, 6.07) is 7.14. The predicted octanol–water partition coefficient (Wildman–Crippen LogP) is 3.32. The Bertz CT molecular complexity index is 1150. The molecule has 2 aromatic rings. The van der Waals surface area contributed by atoms with E-state index in [1.165, 1.54) is 6.21 Å². The molecule has 3 aliphatic rings. The van der Waals surface area contributed by atoms with Gasteiger partial charge in [0.25, 0.3) is 11.8 Å². The second kappa shape index (κ2) is 10.4. The fourth-order valence-electron chi connectivity index (χ4n) is 5.11. The molecule has 1 aromatic heterocycles. The lowest BCUT2D eigenvalue weighted by atomic mass is 9.91. The van der Waals surface area contributed by atoms with Crippen molar-refractivity contribution in [1.82, 2.24) is 15.4 Å². The number of rotatable bonds is 6. The summed E-state index contributed by atoms with van der Waals surface area (Å²) < 4.78 is 10.8. The van der Waals surface area contributed by atoms with Gasteiger partial charge in [-0.1, -0.05) is 11.2 Å². The lowest BCUT2D eigenvalue weighted by molar-refractivity contribution is 0.0303. The summed E-state index contributed by atoms with van der Waals surface area (Å²) in [6.07, 6.45) is 7.42. The van der Waals surface area contributed by atoms with Crippen molar-refractivity contribution in [3.63, 3.8) is 0 Å². The van der Waals surface area contributed by atoms with Crippen molar-refractivity contribution in [3.8, 4) is 0 Å². The van der Waals surface area contributed by atoms with Crippen LogP contribution in [0, 0.1) is 5.41 Å². The number of ether oxygens (including phenoxy) is 1. The summed E-state index contributed by atoms with van der Waals surface area (Å²) in [4.78, 5) is 27.7.